The molecule has 1 aromatic heterocycles. The van der Waals surface area contributed by atoms with E-state index in [1.807, 2.05) is 4.90 Å². The smallest absolute Gasteiger partial charge is 0.477 e. The number of amides is 3. The van der Waals surface area contributed by atoms with Gasteiger partial charge in [-0.1, -0.05) is 5.16 Å². The van der Waals surface area contributed by atoms with Crippen LogP contribution >= 0.6 is 23.1 Å². The highest BCUT2D eigenvalue weighted by molar-refractivity contribution is 8.00. The monoisotopic (exact) mass is 618 g/mol. The van der Waals surface area contributed by atoms with Gasteiger partial charge in [0.1, 0.15) is 22.8 Å². The molecule has 3 aliphatic heterocycles. The fraction of sp³-hybridized carbons (Fsp3) is 0.409. The minimum Gasteiger partial charge on any atom is -0.477 e. The first kappa shape index (κ1) is 29.8. The zero-order chi connectivity index (χ0) is 30.2. The van der Waals surface area contributed by atoms with Crippen LogP contribution < -0.4 is 11.1 Å². The predicted octanol–water partition coefficient (Wildman–Crippen LogP) is 0.597. The third-order valence-electron chi connectivity index (χ3n) is 6.30. The summed E-state index contributed by atoms with van der Waals surface area (Å²) in [6, 6.07) is -0.724. The highest BCUT2D eigenvalue weighted by atomic mass is 32.2. The van der Waals surface area contributed by atoms with Gasteiger partial charge in [-0.15, -0.1) is 23.1 Å². The Kier molecular flexibility index (Phi) is 8.29. The number of thioether (sulfide) groups is 1. The average molecular weight is 619 g/mol. The van der Waals surface area contributed by atoms with Crippen LogP contribution in [0.5, 0.6) is 0 Å². The van der Waals surface area contributed by atoms with E-state index in [9.17, 15) is 42.7 Å². The van der Waals surface area contributed by atoms with E-state index in [4.69, 9.17) is 15.6 Å². The number of hydrogen-bond acceptors (Lipinski definition) is 11. The standard InChI is InChI=1S/C20H20N6O6S2.C2HF3O2/c21-20-22-11(7-34-20)12(24-32)15(27)23-13-17(29)26-14(19(30)31)9(6-33-18(13)26)5-8-3-4-25(16(8)28)10-1-2-10;3-2(4,5)1(6)7/h5,7,10,13,18,32H,1-4,6H2,(H2,21,22)(H,23,27)(H,30,31);(H,6,7)/t13-,18-;/m1./s1. The van der Waals surface area contributed by atoms with Crippen molar-refractivity contribution in [1.82, 2.24) is 20.1 Å². The number of thiazole rings is 1. The second-order valence-corrected chi connectivity index (χ2v) is 11.0. The summed E-state index contributed by atoms with van der Waals surface area (Å²) in [4.78, 5) is 65.9. The van der Waals surface area contributed by atoms with Gasteiger partial charge in [0.05, 0.1) is 0 Å². The molecule has 41 heavy (non-hydrogen) atoms. The van der Waals surface area contributed by atoms with Crippen LogP contribution in [0, 0.1) is 0 Å². The van der Waals surface area contributed by atoms with Crippen molar-refractivity contribution < 1.29 is 52.6 Å². The zero-order valence-electron chi connectivity index (χ0n) is 20.6. The van der Waals surface area contributed by atoms with E-state index in [2.05, 4.69) is 15.5 Å². The number of oxime groups is 1. The molecule has 0 radical (unpaired) electrons. The van der Waals surface area contributed by atoms with Crippen molar-refractivity contribution in [2.75, 3.05) is 18.0 Å². The molecule has 0 bridgehead atoms. The van der Waals surface area contributed by atoms with Gasteiger partial charge in [0.2, 0.25) is 5.91 Å². The van der Waals surface area contributed by atoms with Crippen LogP contribution in [0.25, 0.3) is 0 Å². The van der Waals surface area contributed by atoms with Gasteiger partial charge in [0, 0.05) is 29.3 Å². The molecule has 2 saturated heterocycles. The number of likely N-dealkylation sites (tertiary alicyclic amines) is 1. The first-order valence-corrected chi connectivity index (χ1v) is 13.6. The summed E-state index contributed by atoms with van der Waals surface area (Å²) in [6.07, 6.45) is -0.961. The number of nitrogen functional groups attached to an aromatic ring is 1. The summed E-state index contributed by atoms with van der Waals surface area (Å²) in [7, 11) is 0. The maximum Gasteiger partial charge on any atom is 0.490 e. The van der Waals surface area contributed by atoms with E-state index >= 15 is 0 Å². The minimum absolute atomic E-state index is 0.0592. The molecule has 3 amide bonds. The van der Waals surface area contributed by atoms with Gasteiger partial charge in [-0.3, -0.25) is 19.3 Å². The summed E-state index contributed by atoms with van der Waals surface area (Å²) >= 11 is 2.34. The number of carbonyl (C=O) groups excluding carboxylic acids is 3. The molecule has 2 atom stereocenters. The van der Waals surface area contributed by atoms with Crippen LogP contribution in [-0.2, 0) is 24.0 Å². The Hall–Kier alpha value is -4.13. The molecule has 19 heteroatoms. The molecule has 4 heterocycles. The van der Waals surface area contributed by atoms with Crippen molar-refractivity contribution in [2.45, 2.75) is 42.9 Å². The van der Waals surface area contributed by atoms with Crippen LogP contribution in [0.1, 0.15) is 25.0 Å². The summed E-state index contributed by atoms with van der Waals surface area (Å²) in [5.41, 5.74) is 5.96. The molecule has 1 saturated carbocycles. The van der Waals surface area contributed by atoms with Gasteiger partial charge in [-0.25, -0.2) is 14.6 Å². The molecule has 6 N–H and O–H groups in total. The van der Waals surface area contributed by atoms with Crippen LogP contribution in [0.3, 0.4) is 0 Å². The Morgan fingerprint density at radius 1 is 1.22 bits per heavy atom. The van der Waals surface area contributed by atoms with Gasteiger partial charge < -0.3 is 31.4 Å². The highest BCUT2D eigenvalue weighted by Crippen LogP contribution is 2.42. The number of carboxylic acids is 2. The number of β-lactam (4-membered cyclic amide) rings is 1. The first-order valence-electron chi connectivity index (χ1n) is 11.7. The molecule has 0 aromatic carbocycles. The highest BCUT2D eigenvalue weighted by Gasteiger charge is 2.54. The Morgan fingerprint density at radius 2 is 1.88 bits per heavy atom. The van der Waals surface area contributed by atoms with E-state index in [1.54, 1.807) is 6.08 Å². The van der Waals surface area contributed by atoms with Crippen molar-refractivity contribution in [3.05, 3.63) is 34.0 Å². The van der Waals surface area contributed by atoms with Crippen molar-refractivity contribution >= 4 is 63.6 Å². The van der Waals surface area contributed by atoms with E-state index in [0.717, 1.165) is 29.1 Å². The number of aliphatic carboxylic acids is 2. The molecular formula is C22H21F3N6O8S2. The van der Waals surface area contributed by atoms with Crippen molar-refractivity contribution in [2.24, 2.45) is 5.16 Å². The fourth-order valence-electron chi connectivity index (χ4n) is 4.29. The minimum atomic E-state index is -5.08. The molecule has 0 unspecified atom stereocenters. The molecule has 5 rings (SSSR count). The van der Waals surface area contributed by atoms with Crippen LogP contribution in [0.4, 0.5) is 18.3 Å². The molecule has 14 nitrogen and oxygen atoms in total. The summed E-state index contributed by atoms with van der Waals surface area (Å²) in [6.45, 7) is 0.622. The summed E-state index contributed by atoms with van der Waals surface area (Å²) in [5.74, 6) is -5.30. The van der Waals surface area contributed by atoms with E-state index in [1.165, 1.54) is 17.1 Å². The Morgan fingerprint density at radius 3 is 2.39 bits per heavy atom. The van der Waals surface area contributed by atoms with Gasteiger partial charge >= 0.3 is 18.1 Å². The SMILES string of the molecule is Nc1nc(C(=NO)C(=O)N[C@@H]2C(=O)N3C(C(=O)O)=C(C=C4CCN(C5CC5)C4=O)CS[C@H]23)cs1.O=C(O)C(F)(F)F. The quantitative estimate of drug-likeness (QED) is 0.0978. The normalized spacial score (nSPS) is 23.6. The number of allylic oxidation sites excluding steroid dienone is 1. The Labute approximate surface area is 236 Å². The van der Waals surface area contributed by atoms with Crippen LogP contribution in [0.15, 0.2) is 33.5 Å². The number of carbonyl (C=O) groups is 5. The molecule has 220 valence electrons. The Balaban J connectivity index is 0.000000493. The van der Waals surface area contributed by atoms with Gasteiger partial charge in [0.25, 0.3) is 11.8 Å². The summed E-state index contributed by atoms with van der Waals surface area (Å²) in [5, 5.41) is 32.7. The number of hydrogen-bond donors (Lipinski definition) is 5. The van der Waals surface area contributed by atoms with Gasteiger partial charge in [0.15, 0.2) is 10.8 Å². The van der Waals surface area contributed by atoms with E-state index < -0.39 is 47.1 Å². The van der Waals surface area contributed by atoms with Crippen LogP contribution in [-0.4, -0.2) is 102 Å². The van der Waals surface area contributed by atoms with Gasteiger partial charge in [-0.2, -0.15) is 13.2 Å². The zero-order valence-corrected chi connectivity index (χ0v) is 22.3. The third kappa shape index (κ3) is 6.14. The number of nitrogens with one attached hydrogen (secondary N) is 1. The van der Waals surface area contributed by atoms with E-state index in [-0.39, 0.29) is 34.2 Å². The van der Waals surface area contributed by atoms with Crippen molar-refractivity contribution in [3.63, 3.8) is 0 Å². The van der Waals surface area contributed by atoms with Crippen LogP contribution in [0.2, 0.25) is 0 Å². The number of anilines is 1. The topological polar surface area (TPSA) is 216 Å². The second kappa shape index (κ2) is 11.4. The molecular weight excluding hydrogens is 597 g/mol. The lowest BCUT2D eigenvalue weighted by molar-refractivity contribution is -0.192. The van der Waals surface area contributed by atoms with Gasteiger partial charge in [-0.05, 0) is 30.9 Å². The maximum atomic E-state index is 12.9. The lowest BCUT2D eigenvalue weighted by Gasteiger charge is -2.49. The number of rotatable bonds is 6. The van der Waals surface area contributed by atoms with Crippen molar-refractivity contribution in [1.29, 1.82) is 0 Å². The third-order valence-corrected chi connectivity index (χ3v) is 8.28. The largest absolute Gasteiger partial charge is 0.490 e. The molecule has 1 aromatic rings. The molecule has 3 fully saturated rings. The summed E-state index contributed by atoms with van der Waals surface area (Å²) < 4.78 is 31.7. The second-order valence-electron chi connectivity index (χ2n) is 9.01. The molecule has 4 aliphatic rings. The lowest BCUT2D eigenvalue weighted by atomic mass is 10.0. The number of alkyl halides is 3. The van der Waals surface area contributed by atoms with E-state index in [0.29, 0.717) is 24.1 Å². The number of aromatic nitrogens is 1. The Bertz CT molecular complexity index is 1400. The molecule has 1 aliphatic carbocycles. The molecule has 0 spiro atoms. The predicted molar refractivity (Wildman–Crippen MR) is 136 cm³/mol. The average Bonchev–Trinajstić information content (AvgIpc) is 3.56. The fourth-order valence-corrected chi connectivity index (χ4v) is 6.14. The van der Waals surface area contributed by atoms with Crippen molar-refractivity contribution in [3.8, 4) is 0 Å². The maximum absolute atomic E-state index is 12.9. The lowest BCUT2D eigenvalue weighted by Crippen LogP contribution is -2.71. The number of halogens is 3. The number of nitrogens with zero attached hydrogens (tertiary/aromatic N) is 4. The number of carboxylic acid groups (broad SMARTS) is 2. The number of fused-ring (bicyclic) bond motifs is 1. The number of nitrogens with two attached hydrogens (primary N) is 1. The first-order chi connectivity index (χ1) is 19.2.